The van der Waals surface area contributed by atoms with E-state index in [4.69, 9.17) is 16.3 Å². The van der Waals surface area contributed by atoms with E-state index >= 15 is 0 Å². The average Bonchev–Trinajstić information content (AvgIpc) is 3.34. The number of nitrogens with zero attached hydrogens (tertiary/aromatic N) is 2. The van der Waals surface area contributed by atoms with Crippen molar-refractivity contribution >= 4 is 29.3 Å². The third-order valence-electron chi connectivity index (χ3n) is 6.45. The van der Waals surface area contributed by atoms with Gasteiger partial charge in [0.05, 0.1) is 18.6 Å². The highest BCUT2D eigenvalue weighted by Gasteiger charge is 2.54. The molecule has 2 heterocycles. The van der Waals surface area contributed by atoms with Crippen LogP contribution in [0.25, 0.3) is 0 Å². The Balaban J connectivity index is 1.70. The van der Waals surface area contributed by atoms with Gasteiger partial charge in [0.25, 0.3) is 0 Å². The number of para-hydroxylation sites is 1. The van der Waals surface area contributed by atoms with Crippen LogP contribution >= 0.6 is 11.6 Å². The maximum absolute atomic E-state index is 13.6. The van der Waals surface area contributed by atoms with E-state index in [1.165, 1.54) is 7.05 Å². The van der Waals surface area contributed by atoms with Gasteiger partial charge in [-0.2, -0.15) is 0 Å². The Labute approximate surface area is 186 Å². The molecule has 2 aromatic carbocycles. The number of hydrogen-bond donors (Lipinski definition) is 0. The summed E-state index contributed by atoms with van der Waals surface area (Å²) in [7, 11) is 3.08. The van der Waals surface area contributed by atoms with Crippen molar-refractivity contribution < 1.29 is 19.1 Å². The van der Waals surface area contributed by atoms with Gasteiger partial charge < -0.3 is 9.64 Å². The summed E-state index contributed by atoms with van der Waals surface area (Å²) in [5.74, 6) is -0.114. The number of hydrogen-bond acceptors (Lipinski definition) is 4. The molecule has 0 aromatic heterocycles. The minimum Gasteiger partial charge on any atom is -0.496 e. The number of carbonyl (C=O) groups excluding carboxylic acids is 3. The second-order valence-electron chi connectivity index (χ2n) is 8.16. The Hall–Kier alpha value is -2.86. The number of imide groups is 1. The molecule has 2 aliphatic rings. The molecular weight excluding hydrogens is 416 g/mol. The first-order valence-electron chi connectivity index (χ1n) is 10.4. The van der Waals surface area contributed by atoms with Gasteiger partial charge in [0.15, 0.2) is 0 Å². The molecule has 7 heteroatoms. The molecule has 3 amide bonds. The van der Waals surface area contributed by atoms with Crippen LogP contribution in [0.1, 0.15) is 42.9 Å². The fraction of sp³-hybridized carbons (Fsp3) is 0.375. The molecule has 2 saturated heterocycles. The minimum atomic E-state index is -1.28. The van der Waals surface area contributed by atoms with E-state index < -0.39 is 5.41 Å². The Bertz CT molecular complexity index is 1040. The van der Waals surface area contributed by atoms with E-state index in [-0.39, 0.29) is 36.6 Å². The minimum absolute atomic E-state index is 0.0645. The normalized spacial score (nSPS) is 23.5. The fourth-order valence-electron chi connectivity index (χ4n) is 4.87. The molecule has 162 valence electrons. The summed E-state index contributed by atoms with van der Waals surface area (Å²) in [5.41, 5.74) is 0.198. The number of rotatable bonds is 5. The zero-order valence-electron chi connectivity index (χ0n) is 17.6. The highest BCUT2D eigenvalue weighted by atomic mass is 35.5. The molecule has 0 aliphatic carbocycles. The third kappa shape index (κ3) is 3.59. The summed E-state index contributed by atoms with van der Waals surface area (Å²) in [6.45, 7) is 0.595. The van der Waals surface area contributed by atoms with Crippen molar-refractivity contribution in [1.82, 2.24) is 9.80 Å². The summed E-state index contributed by atoms with van der Waals surface area (Å²) < 4.78 is 5.51. The topological polar surface area (TPSA) is 66.9 Å². The predicted molar refractivity (Wildman–Crippen MR) is 117 cm³/mol. The van der Waals surface area contributed by atoms with Crippen molar-refractivity contribution in [1.29, 1.82) is 0 Å². The molecule has 0 radical (unpaired) electrons. The lowest BCUT2D eigenvalue weighted by molar-refractivity contribution is -0.141. The van der Waals surface area contributed by atoms with Crippen LogP contribution in [-0.4, -0.2) is 48.2 Å². The molecule has 6 nitrogen and oxygen atoms in total. The number of ether oxygens (including phenoxy) is 1. The molecule has 2 aliphatic heterocycles. The quantitative estimate of drug-likeness (QED) is 0.664. The molecule has 0 N–H and O–H groups in total. The molecule has 0 unspecified atom stereocenters. The van der Waals surface area contributed by atoms with E-state index in [9.17, 15) is 14.4 Å². The highest BCUT2D eigenvalue weighted by Crippen LogP contribution is 2.44. The SMILES string of the molecule is COc1ccccc1[C@H]1CCCN1C(=O)C[C@]1(c2ccccc2Cl)CC(=O)N(C)C1=O. The van der Waals surface area contributed by atoms with E-state index in [0.717, 1.165) is 29.1 Å². The summed E-state index contributed by atoms with van der Waals surface area (Å²) >= 11 is 6.44. The number of likely N-dealkylation sites (tertiary alicyclic amines) is 2. The molecule has 0 saturated carbocycles. The van der Waals surface area contributed by atoms with Gasteiger partial charge in [-0.15, -0.1) is 0 Å². The standard InChI is InChI=1S/C24H25ClN2O4/c1-26-21(28)14-24(23(26)30,17-9-4-5-10-18(17)25)15-22(29)27-13-7-11-19(27)16-8-3-6-12-20(16)31-2/h3-6,8-10,12,19H,7,11,13-15H2,1-2H3/t19-,24+/m1/s1. The van der Waals surface area contributed by atoms with Crippen LogP contribution in [0.4, 0.5) is 0 Å². The lowest BCUT2D eigenvalue weighted by Gasteiger charge is -2.32. The Morgan fingerprint density at radius 1 is 1.16 bits per heavy atom. The van der Waals surface area contributed by atoms with Crippen LogP contribution in [0.3, 0.4) is 0 Å². The molecule has 31 heavy (non-hydrogen) atoms. The van der Waals surface area contributed by atoms with Gasteiger partial charge in [-0.25, -0.2) is 0 Å². The van der Waals surface area contributed by atoms with Crippen LogP contribution in [0.2, 0.25) is 5.02 Å². The van der Waals surface area contributed by atoms with Crippen LogP contribution in [0, 0.1) is 0 Å². The smallest absolute Gasteiger partial charge is 0.240 e. The number of likely N-dealkylation sites (N-methyl/N-ethyl adjacent to an activating group) is 1. The van der Waals surface area contributed by atoms with E-state index in [2.05, 4.69) is 0 Å². The number of halogens is 1. The highest BCUT2D eigenvalue weighted by molar-refractivity contribution is 6.32. The van der Waals surface area contributed by atoms with Gasteiger partial charge in [0.1, 0.15) is 5.75 Å². The fourth-order valence-corrected chi connectivity index (χ4v) is 5.19. The van der Waals surface area contributed by atoms with Crippen LogP contribution in [-0.2, 0) is 19.8 Å². The van der Waals surface area contributed by atoms with Crippen molar-refractivity contribution in [3.63, 3.8) is 0 Å². The van der Waals surface area contributed by atoms with Crippen LogP contribution in [0.15, 0.2) is 48.5 Å². The van der Waals surface area contributed by atoms with Crippen molar-refractivity contribution in [2.24, 2.45) is 0 Å². The summed E-state index contributed by atoms with van der Waals surface area (Å²) in [6, 6.07) is 14.5. The van der Waals surface area contributed by atoms with Gasteiger partial charge in [-0.3, -0.25) is 19.3 Å². The van der Waals surface area contributed by atoms with Crippen molar-refractivity contribution in [2.75, 3.05) is 20.7 Å². The number of benzene rings is 2. The monoisotopic (exact) mass is 440 g/mol. The first-order chi connectivity index (χ1) is 14.9. The zero-order chi connectivity index (χ0) is 22.2. The number of methoxy groups -OCH3 is 1. The van der Waals surface area contributed by atoms with Crippen LogP contribution in [0.5, 0.6) is 5.75 Å². The van der Waals surface area contributed by atoms with E-state index in [0.29, 0.717) is 17.1 Å². The van der Waals surface area contributed by atoms with Gasteiger partial charge in [0.2, 0.25) is 17.7 Å². The lowest BCUT2D eigenvalue weighted by Crippen LogP contribution is -2.42. The molecule has 0 bridgehead atoms. The van der Waals surface area contributed by atoms with Gasteiger partial charge >= 0.3 is 0 Å². The second kappa shape index (κ2) is 8.35. The van der Waals surface area contributed by atoms with Crippen LogP contribution < -0.4 is 4.74 Å². The summed E-state index contributed by atoms with van der Waals surface area (Å²) in [4.78, 5) is 42.2. The third-order valence-corrected chi connectivity index (χ3v) is 6.78. The Morgan fingerprint density at radius 3 is 2.55 bits per heavy atom. The maximum Gasteiger partial charge on any atom is 0.240 e. The van der Waals surface area contributed by atoms with E-state index in [1.54, 1.807) is 31.4 Å². The van der Waals surface area contributed by atoms with E-state index in [1.807, 2.05) is 29.2 Å². The molecular formula is C24H25ClN2O4. The first kappa shape index (κ1) is 21.4. The molecule has 2 fully saturated rings. The number of amides is 3. The maximum atomic E-state index is 13.6. The predicted octanol–water partition coefficient (Wildman–Crippen LogP) is 3.73. The van der Waals surface area contributed by atoms with Crippen molar-refractivity contribution in [3.8, 4) is 5.75 Å². The largest absolute Gasteiger partial charge is 0.496 e. The zero-order valence-corrected chi connectivity index (χ0v) is 18.4. The molecule has 2 aromatic rings. The van der Waals surface area contributed by atoms with Crippen molar-refractivity contribution in [2.45, 2.75) is 37.1 Å². The molecule has 2 atom stereocenters. The molecule has 4 rings (SSSR count). The summed E-state index contributed by atoms with van der Waals surface area (Å²) in [6.07, 6.45) is 1.51. The first-order valence-corrected chi connectivity index (χ1v) is 10.7. The van der Waals surface area contributed by atoms with Crippen molar-refractivity contribution in [3.05, 3.63) is 64.7 Å². The molecule has 0 spiro atoms. The second-order valence-corrected chi connectivity index (χ2v) is 8.57. The van der Waals surface area contributed by atoms with Gasteiger partial charge in [-0.05, 0) is 30.5 Å². The number of carbonyl (C=O) groups is 3. The average molecular weight is 441 g/mol. The Morgan fingerprint density at radius 2 is 1.87 bits per heavy atom. The Kier molecular flexibility index (Phi) is 5.75. The summed E-state index contributed by atoms with van der Waals surface area (Å²) in [5, 5.41) is 0.384. The van der Waals surface area contributed by atoms with Gasteiger partial charge in [0, 0.05) is 37.0 Å². The van der Waals surface area contributed by atoms with Gasteiger partial charge in [-0.1, -0.05) is 48.0 Å². The lowest BCUT2D eigenvalue weighted by atomic mass is 9.75.